The molecule has 2 saturated heterocycles. The fourth-order valence-corrected chi connectivity index (χ4v) is 6.40. The quantitative estimate of drug-likeness (QED) is 0.415. The van der Waals surface area contributed by atoms with Gasteiger partial charge in [-0.05, 0) is 67.1 Å². The number of aromatic nitrogens is 2. The topological polar surface area (TPSA) is 106 Å². The number of hydrogen-bond acceptors (Lipinski definition) is 8. The summed E-state index contributed by atoms with van der Waals surface area (Å²) < 4.78 is 0. The zero-order chi connectivity index (χ0) is 29.8. The van der Waals surface area contributed by atoms with Crippen LogP contribution in [-0.4, -0.2) is 81.3 Å². The van der Waals surface area contributed by atoms with E-state index in [-0.39, 0.29) is 17.9 Å². The van der Waals surface area contributed by atoms with E-state index in [1.54, 1.807) is 6.33 Å². The van der Waals surface area contributed by atoms with Crippen molar-refractivity contribution in [2.75, 3.05) is 43.4 Å². The van der Waals surface area contributed by atoms with Gasteiger partial charge in [-0.1, -0.05) is 38.1 Å². The fraction of sp³-hybridized carbons (Fsp3) is 0.455. The summed E-state index contributed by atoms with van der Waals surface area (Å²) in [6.45, 7) is 9.42. The third-order valence-electron chi connectivity index (χ3n) is 8.53. The van der Waals surface area contributed by atoms with E-state index in [0.717, 1.165) is 56.0 Å². The first-order valence-corrected chi connectivity index (χ1v) is 15.5. The van der Waals surface area contributed by atoms with Crippen LogP contribution in [0.3, 0.4) is 0 Å². The van der Waals surface area contributed by atoms with Crippen molar-refractivity contribution in [2.24, 2.45) is 5.92 Å². The number of amides is 2. The van der Waals surface area contributed by atoms with Crippen LogP contribution in [0.25, 0.3) is 0 Å². The van der Waals surface area contributed by atoms with Crippen LogP contribution in [0, 0.1) is 5.92 Å². The van der Waals surface area contributed by atoms with E-state index >= 15 is 0 Å². The van der Waals surface area contributed by atoms with Crippen molar-refractivity contribution in [3.05, 3.63) is 72.1 Å². The minimum Gasteiger partial charge on any atom is -0.343 e. The molecule has 7 rings (SSSR count). The maximum Gasteiger partial charge on any atom is 0.245 e. The van der Waals surface area contributed by atoms with Crippen LogP contribution in [-0.2, 0) is 22.7 Å². The average molecular weight is 583 g/mol. The molecule has 5 heterocycles. The van der Waals surface area contributed by atoms with Gasteiger partial charge >= 0.3 is 0 Å². The highest BCUT2D eigenvalue weighted by Gasteiger charge is 2.35. The van der Waals surface area contributed by atoms with Crippen LogP contribution in [0.2, 0.25) is 0 Å². The molecule has 0 radical (unpaired) electrons. The Morgan fingerprint density at radius 1 is 0.837 bits per heavy atom. The lowest BCUT2D eigenvalue weighted by Gasteiger charge is -2.37. The molecule has 0 aliphatic carbocycles. The number of nitrogens with zero attached hydrogens (tertiary/aromatic N) is 5. The molecule has 3 aromatic rings. The molecule has 226 valence electrons. The standard InChI is InChI=1S/C33H42N8O2/c1-23(2)16-28-33(43)40-14-12-39(13-15-40)20-24-6-3-8-26(17-24)36-30-19-31(35-22-34-30)37-27-9-4-7-25(18-27)21-41-11-5-10-29(41)32(42)38-28/h3-4,6-9,17-19,22-23,28-29H,5,10-16,20-21H2,1-2H3,(H,38,42)(H2,34,35,36,37)/t28-,29+/m0/s1. The van der Waals surface area contributed by atoms with Crippen molar-refractivity contribution < 1.29 is 9.59 Å². The highest BCUT2D eigenvalue weighted by molar-refractivity contribution is 5.90. The molecule has 2 aromatic carbocycles. The summed E-state index contributed by atoms with van der Waals surface area (Å²) in [5, 5.41) is 10.0. The molecular weight excluding hydrogens is 540 g/mol. The Morgan fingerprint density at radius 3 is 2.14 bits per heavy atom. The van der Waals surface area contributed by atoms with E-state index in [0.29, 0.717) is 43.6 Å². The summed E-state index contributed by atoms with van der Waals surface area (Å²) in [5.74, 6) is 1.69. The lowest BCUT2D eigenvalue weighted by molar-refractivity contribution is -0.139. The Bertz CT molecular complexity index is 1440. The number of hydrogen-bond donors (Lipinski definition) is 3. The molecule has 10 nitrogen and oxygen atoms in total. The van der Waals surface area contributed by atoms with Crippen molar-refractivity contribution in [3.8, 4) is 0 Å². The van der Waals surface area contributed by atoms with Crippen molar-refractivity contribution in [1.82, 2.24) is 30.0 Å². The first-order valence-electron chi connectivity index (χ1n) is 15.5. The van der Waals surface area contributed by atoms with Crippen LogP contribution < -0.4 is 16.0 Å². The second-order valence-corrected chi connectivity index (χ2v) is 12.4. The predicted molar refractivity (Wildman–Crippen MR) is 168 cm³/mol. The van der Waals surface area contributed by atoms with Gasteiger partial charge < -0.3 is 20.9 Å². The number of carbonyl (C=O) groups excluding carboxylic acids is 2. The molecule has 1 aromatic heterocycles. The summed E-state index contributed by atoms with van der Waals surface area (Å²) in [4.78, 5) is 42.8. The third-order valence-corrected chi connectivity index (χ3v) is 8.53. The van der Waals surface area contributed by atoms with Crippen LogP contribution in [0.4, 0.5) is 23.0 Å². The second kappa shape index (κ2) is 13.1. The molecule has 4 aliphatic heterocycles. The molecule has 10 heteroatoms. The number of rotatable bonds is 2. The number of piperazine rings is 1. The fourth-order valence-electron chi connectivity index (χ4n) is 6.40. The average Bonchev–Trinajstić information content (AvgIpc) is 3.45. The normalized spacial score (nSPS) is 23.3. The Labute approximate surface area is 253 Å². The van der Waals surface area contributed by atoms with Gasteiger partial charge in [0.15, 0.2) is 0 Å². The molecule has 8 bridgehead atoms. The molecule has 2 fully saturated rings. The van der Waals surface area contributed by atoms with Gasteiger partial charge in [-0.25, -0.2) is 9.97 Å². The summed E-state index contributed by atoms with van der Waals surface area (Å²) in [6, 6.07) is 17.7. The number of anilines is 4. The summed E-state index contributed by atoms with van der Waals surface area (Å²) in [7, 11) is 0. The van der Waals surface area contributed by atoms with Crippen molar-refractivity contribution in [3.63, 3.8) is 0 Å². The molecule has 0 unspecified atom stereocenters. The SMILES string of the molecule is CC(C)C[C@@H]1NC(=O)[C@H]2CCCN2Cc2cccc(c2)Nc2cc(ncn2)Nc2cccc(c2)CN2CCN(CC2)C1=O. The van der Waals surface area contributed by atoms with E-state index < -0.39 is 6.04 Å². The highest BCUT2D eigenvalue weighted by Crippen LogP contribution is 2.25. The van der Waals surface area contributed by atoms with Gasteiger partial charge in [0.25, 0.3) is 0 Å². The first-order chi connectivity index (χ1) is 20.9. The molecule has 2 amide bonds. The maximum atomic E-state index is 13.7. The molecule has 3 N–H and O–H groups in total. The van der Waals surface area contributed by atoms with E-state index in [2.05, 4.69) is 79.9 Å². The molecule has 2 atom stereocenters. The number of carbonyl (C=O) groups is 2. The smallest absolute Gasteiger partial charge is 0.245 e. The van der Waals surface area contributed by atoms with Gasteiger partial charge in [0, 0.05) is 56.7 Å². The Kier molecular flexibility index (Phi) is 8.85. The van der Waals surface area contributed by atoms with Crippen LogP contribution in [0.15, 0.2) is 60.9 Å². The largest absolute Gasteiger partial charge is 0.343 e. The van der Waals surface area contributed by atoms with Gasteiger partial charge in [0.2, 0.25) is 11.8 Å². The van der Waals surface area contributed by atoms with Crippen LogP contribution in [0.1, 0.15) is 44.2 Å². The van der Waals surface area contributed by atoms with Crippen LogP contribution in [0.5, 0.6) is 0 Å². The van der Waals surface area contributed by atoms with E-state index in [9.17, 15) is 9.59 Å². The Morgan fingerprint density at radius 2 is 1.49 bits per heavy atom. The zero-order valence-corrected chi connectivity index (χ0v) is 25.1. The van der Waals surface area contributed by atoms with Crippen molar-refractivity contribution in [1.29, 1.82) is 0 Å². The molecule has 0 spiro atoms. The van der Waals surface area contributed by atoms with Crippen molar-refractivity contribution in [2.45, 2.75) is 58.3 Å². The zero-order valence-electron chi connectivity index (χ0n) is 25.1. The van der Waals surface area contributed by atoms with Gasteiger partial charge in [0.05, 0.1) is 6.04 Å². The van der Waals surface area contributed by atoms with E-state index in [1.165, 1.54) is 5.56 Å². The second-order valence-electron chi connectivity index (χ2n) is 12.4. The number of fused-ring (bicyclic) bond motifs is 5. The predicted octanol–water partition coefficient (Wildman–Crippen LogP) is 4.12. The van der Waals surface area contributed by atoms with Gasteiger partial charge in [-0.3, -0.25) is 19.4 Å². The minimum atomic E-state index is -0.505. The number of nitrogens with one attached hydrogen (secondary N) is 3. The lowest BCUT2D eigenvalue weighted by atomic mass is 10.0. The first kappa shape index (κ1) is 29.1. The lowest BCUT2D eigenvalue weighted by Crippen LogP contribution is -2.57. The Balaban J connectivity index is 1.28. The summed E-state index contributed by atoms with van der Waals surface area (Å²) in [6.07, 6.45) is 3.94. The monoisotopic (exact) mass is 582 g/mol. The van der Waals surface area contributed by atoms with Crippen molar-refractivity contribution >= 4 is 34.8 Å². The molecular formula is C33H42N8O2. The minimum absolute atomic E-state index is 0.0382. The van der Waals surface area contributed by atoms with Gasteiger partial charge in [0.1, 0.15) is 24.0 Å². The van der Waals surface area contributed by atoms with Gasteiger partial charge in [-0.2, -0.15) is 0 Å². The molecule has 4 aliphatic rings. The van der Waals surface area contributed by atoms with Crippen LogP contribution >= 0.6 is 0 Å². The summed E-state index contributed by atoms with van der Waals surface area (Å²) in [5.41, 5.74) is 4.19. The highest BCUT2D eigenvalue weighted by atomic mass is 16.2. The van der Waals surface area contributed by atoms with E-state index in [1.807, 2.05) is 29.2 Å². The maximum absolute atomic E-state index is 13.7. The number of benzene rings is 2. The molecule has 0 saturated carbocycles. The Hall–Kier alpha value is -4.02. The molecule has 43 heavy (non-hydrogen) atoms. The summed E-state index contributed by atoms with van der Waals surface area (Å²) >= 11 is 0. The van der Waals surface area contributed by atoms with E-state index in [4.69, 9.17) is 0 Å². The third kappa shape index (κ3) is 7.32. The van der Waals surface area contributed by atoms with Gasteiger partial charge in [-0.15, -0.1) is 0 Å².